The van der Waals surface area contributed by atoms with Crippen molar-refractivity contribution < 1.29 is 22.4 Å². The van der Waals surface area contributed by atoms with Crippen molar-refractivity contribution in [1.29, 1.82) is 0 Å². The monoisotopic (exact) mass is 444 g/mol. The quantitative estimate of drug-likeness (QED) is 0.493. The summed E-state index contributed by atoms with van der Waals surface area (Å²) < 4.78 is 52.5. The summed E-state index contributed by atoms with van der Waals surface area (Å²) in [6.45, 7) is 4.00. The van der Waals surface area contributed by atoms with Crippen LogP contribution in [0.15, 0.2) is 66.7 Å². The van der Waals surface area contributed by atoms with Crippen LogP contribution in [0.3, 0.4) is 0 Å². The molecular formula is C25H24F4N2O. The number of aryl methyl sites for hydroxylation is 2. The number of carbonyl (C=O) groups is 1. The summed E-state index contributed by atoms with van der Waals surface area (Å²) >= 11 is 0. The van der Waals surface area contributed by atoms with Gasteiger partial charge in [0.1, 0.15) is 11.9 Å². The molecule has 0 heterocycles. The fourth-order valence-electron chi connectivity index (χ4n) is 3.42. The molecule has 2 N–H and O–H groups in total. The Morgan fingerprint density at radius 2 is 1.66 bits per heavy atom. The van der Waals surface area contributed by atoms with Crippen LogP contribution in [0.5, 0.6) is 0 Å². The first kappa shape index (κ1) is 23.5. The average molecular weight is 444 g/mol. The highest BCUT2D eigenvalue weighted by molar-refractivity contribution is 5.97. The Balaban J connectivity index is 1.88. The number of hydrogen-bond donors (Lipinski definition) is 1. The van der Waals surface area contributed by atoms with Gasteiger partial charge in [0.25, 0.3) is 0 Å². The Hall–Kier alpha value is -3.19. The topological polar surface area (TPSA) is 46.3 Å². The van der Waals surface area contributed by atoms with E-state index < -0.39 is 23.6 Å². The number of nitrogens with two attached hydrogens (primary N) is 1. The second-order valence-electron chi connectivity index (χ2n) is 7.71. The fraction of sp³-hybridized carbons (Fsp3) is 0.240. The summed E-state index contributed by atoms with van der Waals surface area (Å²) in [4.78, 5) is 14.8. The fourth-order valence-corrected chi connectivity index (χ4v) is 3.42. The Kier molecular flexibility index (Phi) is 6.99. The molecule has 0 saturated carbocycles. The number of halogens is 4. The van der Waals surface area contributed by atoms with E-state index in [0.29, 0.717) is 16.8 Å². The van der Waals surface area contributed by atoms with Gasteiger partial charge in [-0.1, -0.05) is 42.5 Å². The van der Waals surface area contributed by atoms with Gasteiger partial charge in [0.05, 0.1) is 5.56 Å². The maximum atomic E-state index is 14.0. The molecule has 3 nitrogen and oxygen atoms in total. The number of nitrogens with zero attached hydrogens (tertiary/aromatic N) is 1. The van der Waals surface area contributed by atoms with Crippen LogP contribution in [-0.2, 0) is 17.4 Å². The minimum Gasteiger partial charge on any atom is -0.316 e. The summed E-state index contributed by atoms with van der Waals surface area (Å²) in [6, 6.07) is 16.3. The first-order chi connectivity index (χ1) is 15.1. The lowest BCUT2D eigenvalue weighted by Crippen LogP contribution is -2.40. The minimum absolute atomic E-state index is 0.132. The number of alkyl halides is 3. The molecule has 0 fully saturated rings. The van der Waals surface area contributed by atoms with Crippen molar-refractivity contribution in [3.05, 3.63) is 100 Å². The third-order valence-electron chi connectivity index (χ3n) is 5.46. The summed E-state index contributed by atoms with van der Waals surface area (Å²) in [7, 11) is 0. The molecule has 1 amide bonds. The lowest BCUT2D eigenvalue weighted by atomic mass is 10.0. The Morgan fingerprint density at radius 3 is 2.25 bits per heavy atom. The molecule has 0 aliphatic heterocycles. The molecule has 0 spiro atoms. The van der Waals surface area contributed by atoms with E-state index >= 15 is 0 Å². The van der Waals surface area contributed by atoms with Gasteiger partial charge in [-0.05, 0) is 66.8 Å². The number of hydrogen-bond acceptors (Lipinski definition) is 2. The highest BCUT2D eigenvalue weighted by Crippen LogP contribution is 2.32. The molecule has 0 aliphatic carbocycles. The Bertz CT molecular complexity index is 1100. The van der Waals surface area contributed by atoms with Crippen molar-refractivity contribution in [2.75, 3.05) is 11.4 Å². The molecule has 3 rings (SSSR count). The molecule has 0 bridgehead atoms. The number of benzene rings is 3. The van der Waals surface area contributed by atoms with Gasteiger partial charge in [-0.25, -0.2) is 4.39 Å². The third-order valence-corrected chi connectivity index (χ3v) is 5.46. The predicted molar refractivity (Wildman–Crippen MR) is 117 cm³/mol. The first-order valence-corrected chi connectivity index (χ1v) is 10.1. The molecule has 3 aromatic carbocycles. The van der Waals surface area contributed by atoms with E-state index in [2.05, 4.69) is 0 Å². The molecule has 0 unspecified atom stereocenters. The van der Waals surface area contributed by atoms with Gasteiger partial charge in [-0.2, -0.15) is 13.2 Å². The van der Waals surface area contributed by atoms with Crippen LogP contribution in [0.4, 0.5) is 23.2 Å². The molecule has 1 atom stereocenters. The molecular weight excluding hydrogens is 420 g/mol. The van der Waals surface area contributed by atoms with Crippen molar-refractivity contribution in [3.8, 4) is 0 Å². The highest BCUT2D eigenvalue weighted by Gasteiger charge is 2.34. The van der Waals surface area contributed by atoms with E-state index in [1.807, 2.05) is 32.0 Å². The van der Waals surface area contributed by atoms with Crippen LogP contribution in [0.25, 0.3) is 0 Å². The standard InChI is InChI=1S/C25H24F4N2O/c1-16-8-10-20(14-17(16)2)31(24(32)23(30)19-6-4-3-5-7-19)13-12-18-9-11-21(22(26)15-18)25(27,28)29/h3-11,14-15,23H,12-13,30H2,1-2H3/t23-/m0/s1. The van der Waals surface area contributed by atoms with Crippen molar-refractivity contribution in [2.45, 2.75) is 32.5 Å². The number of amides is 1. The van der Waals surface area contributed by atoms with Crippen LogP contribution in [0.1, 0.15) is 33.9 Å². The van der Waals surface area contributed by atoms with Gasteiger partial charge >= 0.3 is 6.18 Å². The van der Waals surface area contributed by atoms with Gasteiger partial charge < -0.3 is 10.6 Å². The molecule has 0 radical (unpaired) electrons. The second-order valence-corrected chi connectivity index (χ2v) is 7.71. The van der Waals surface area contributed by atoms with Gasteiger partial charge in [0.2, 0.25) is 5.91 Å². The van der Waals surface area contributed by atoms with E-state index in [-0.39, 0.29) is 18.9 Å². The van der Waals surface area contributed by atoms with Gasteiger partial charge in [-0.3, -0.25) is 4.79 Å². The van der Waals surface area contributed by atoms with Crippen LogP contribution in [0.2, 0.25) is 0 Å². The van der Waals surface area contributed by atoms with E-state index in [1.54, 1.807) is 30.3 Å². The maximum Gasteiger partial charge on any atom is 0.419 e. The van der Waals surface area contributed by atoms with Crippen molar-refractivity contribution in [1.82, 2.24) is 0 Å². The maximum absolute atomic E-state index is 14.0. The van der Waals surface area contributed by atoms with E-state index in [9.17, 15) is 22.4 Å². The highest BCUT2D eigenvalue weighted by atomic mass is 19.4. The molecule has 7 heteroatoms. The summed E-state index contributed by atoms with van der Waals surface area (Å²) in [5.41, 5.74) is 8.57. The zero-order chi connectivity index (χ0) is 23.5. The molecule has 0 aromatic heterocycles. The lowest BCUT2D eigenvalue weighted by molar-refractivity contribution is -0.140. The van der Waals surface area contributed by atoms with Crippen LogP contribution in [-0.4, -0.2) is 12.5 Å². The van der Waals surface area contributed by atoms with Gasteiger partial charge in [0.15, 0.2) is 0 Å². The van der Waals surface area contributed by atoms with Crippen LogP contribution >= 0.6 is 0 Å². The zero-order valence-electron chi connectivity index (χ0n) is 17.8. The van der Waals surface area contributed by atoms with Gasteiger partial charge in [-0.15, -0.1) is 0 Å². The zero-order valence-corrected chi connectivity index (χ0v) is 17.8. The van der Waals surface area contributed by atoms with Crippen LogP contribution in [0, 0.1) is 19.7 Å². The summed E-state index contributed by atoms with van der Waals surface area (Å²) in [5.74, 6) is -1.69. The molecule has 168 valence electrons. The summed E-state index contributed by atoms with van der Waals surface area (Å²) in [6.07, 6.45) is -4.60. The molecule has 0 saturated heterocycles. The SMILES string of the molecule is Cc1ccc(N(CCc2ccc(C(F)(F)F)c(F)c2)C(=O)[C@@H](N)c2ccccc2)cc1C. The Labute approximate surface area is 184 Å². The van der Waals surface area contributed by atoms with E-state index in [0.717, 1.165) is 23.3 Å². The number of anilines is 1. The van der Waals surface area contributed by atoms with Crippen LogP contribution < -0.4 is 10.6 Å². The average Bonchev–Trinajstić information content (AvgIpc) is 2.75. The third kappa shape index (κ3) is 5.34. The second kappa shape index (κ2) is 9.53. The number of rotatable bonds is 6. The van der Waals surface area contributed by atoms with Crippen molar-refractivity contribution in [2.24, 2.45) is 5.73 Å². The van der Waals surface area contributed by atoms with Gasteiger partial charge in [0, 0.05) is 12.2 Å². The Morgan fingerprint density at radius 1 is 0.969 bits per heavy atom. The van der Waals surface area contributed by atoms with Crippen molar-refractivity contribution >= 4 is 11.6 Å². The molecule has 0 aliphatic rings. The minimum atomic E-state index is -4.76. The largest absolute Gasteiger partial charge is 0.419 e. The summed E-state index contributed by atoms with van der Waals surface area (Å²) in [5, 5.41) is 0. The van der Waals surface area contributed by atoms with E-state index in [1.165, 1.54) is 11.0 Å². The lowest BCUT2D eigenvalue weighted by Gasteiger charge is -2.27. The van der Waals surface area contributed by atoms with E-state index in [4.69, 9.17) is 5.73 Å². The predicted octanol–water partition coefficient (Wildman–Crippen LogP) is 5.74. The normalized spacial score (nSPS) is 12.5. The van der Waals surface area contributed by atoms with Crippen molar-refractivity contribution in [3.63, 3.8) is 0 Å². The smallest absolute Gasteiger partial charge is 0.316 e. The first-order valence-electron chi connectivity index (χ1n) is 10.1. The number of carbonyl (C=O) groups excluding carboxylic acids is 1. The molecule has 3 aromatic rings. The molecule has 32 heavy (non-hydrogen) atoms.